The summed E-state index contributed by atoms with van der Waals surface area (Å²) in [5.74, 6) is 0. The first kappa shape index (κ1) is 14.0. The minimum atomic E-state index is 1.23. The van der Waals surface area contributed by atoms with Crippen LogP contribution in [0, 0.1) is 0 Å². The van der Waals surface area contributed by atoms with Gasteiger partial charge < -0.3 is 0 Å². The van der Waals surface area contributed by atoms with Gasteiger partial charge in [0.05, 0.1) is 0 Å². The standard InChI is InChI=1S/C22H16S/c1-3-7-17(8-4-1)11-12-18-13-14-20-16-22(23-21(20)15-18)19-9-5-2-6-10-19/h1-16H/b12-11+. The Morgan fingerprint density at radius 3 is 2.09 bits per heavy atom. The van der Waals surface area contributed by atoms with Crippen LogP contribution in [-0.2, 0) is 0 Å². The van der Waals surface area contributed by atoms with Crippen LogP contribution in [0.2, 0.25) is 0 Å². The molecule has 1 heteroatoms. The van der Waals surface area contributed by atoms with Crippen molar-refractivity contribution in [2.24, 2.45) is 0 Å². The highest BCUT2D eigenvalue weighted by Crippen LogP contribution is 2.34. The van der Waals surface area contributed by atoms with E-state index in [1.165, 1.54) is 31.7 Å². The van der Waals surface area contributed by atoms with Gasteiger partial charge in [0.1, 0.15) is 0 Å². The van der Waals surface area contributed by atoms with E-state index in [0.29, 0.717) is 0 Å². The van der Waals surface area contributed by atoms with Gasteiger partial charge in [0.25, 0.3) is 0 Å². The molecule has 0 amide bonds. The average molecular weight is 312 g/mol. The highest BCUT2D eigenvalue weighted by atomic mass is 32.1. The van der Waals surface area contributed by atoms with Crippen molar-refractivity contribution in [3.63, 3.8) is 0 Å². The van der Waals surface area contributed by atoms with Gasteiger partial charge in [-0.3, -0.25) is 0 Å². The monoisotopic (exact) mass is 312 g/mol. The molecule has 0 aliphatic rings. The first-order valence-corrected chi connectivity index (χ1v) is 8.52. The van der Waals surface area contributed by atoms with Crippen LogP contribution in [0.25, 0.3) is 32.7 Å². The summed E-state index contributed by atoms with van der Waals surface area (Å²) in [7, 11) is 0. The average Bonchev–Trinajstić information content (AvgIpc) is 3.05. The molecule has 0 atom stereocenters. The van der Waals surface area contributed by atoms with Gasteiger partial charge in [0, 0.05) is 9.58 Å². The topological polar surface area (TPSA) is 0 Å². The normalized spacial score (nSPS) is 11.3. The molecule has 3 aromatic carbocycles. The van der Waals surface area contributed by atoms with E-state index in [0.717, 1.165) is 0 Å². The number of benzene rings is 3. The van der Waals surface area contributed by atoms with Gasteiger partial charge in [-0.1, -0.05) is 84.9 Å². The van der Waals surface area contributed by atoms with Gasteiger partial charge in [-0.15, -0.1) is 11.3 Å². The summed E-state index contributed by atoms with van der Waals surface area (Å²) in [6, 6.07) is 29.9. The Kier molecular flexibility index (Phi) is 3.79. The fraction of sp³-hybridized carbons (Fsp3) is 0. The lowest BCUT2D eigenvalue weighted by molar-refractivity contribution is 1.66. The highest BCUT2D eigenvalue weighted by Gasteiger charge is 2.04. The number of rotatable bonds is 3. The number of hydrogen-bond acceptors (Lipinski definition) is 1. The molecule has 0 N–H and O–H groups in total. The lowest BCUT2D eigenvalue weighted by Gasteiger charge is -1.95. The van der Waals surface area contributed by atoms with Crippen molar-refractivity contribution in [1.82, 2.24) is 0 Å². The SMILES string of the molecule is C(=C\c1ccc2cc(-c3ccccc3)sc2c1)/c1ccccc1. The van der Waals surface area contributed by atoms with Crippen LogP contribution in [0.5, 0.6) is 0 Å². The fourth-order valence-corrected chi connectivity index (χ4v) is 3.77. The van der Waals surface area contributed by atoms with Crippen molar-refractivity contribution in [3.05, 3.63) is 96.1 Å². The summed E-state index contributed by atoms with van der Waals surface area (Å²) in [5, 5.41) is 1.31. The second-order valence-electron chi connectivity index (χ2n) is 5.52. The number of thiophene rings is 1. The number of fused-ring (bicyclic) bond motifs is 1. The summed E-state index contributed by atoms with van der Waals surface area (Å²) >= 11 is 1.85. The Labute approximate surface area is 140 Å². The van der Waals surface area contributed by atoms with Gasteiger partial charge in [-0.25, -0.2) is 0 Å². The van der Waals surface area contributed by atoms with Gasteiger partial charge >= 0.3 is 0 Å². The molecule has 4 aromatic rings. The van der Waals surface area contributed by atoms with Crippen LogP contribution in [0.3, 0.4) is 0 Å². The Bertz CT molecular complexity index is 947. The lowest BCUT2D eigenvalue weighted by atomic mass is 10.1. The molecule has 1 aromatic heterocycles. The van der Waals surface area contributed by atoms with E-state index in [2.05, 4.69) is 91.0 Å². The van der Waals surface area contributed by atoms with Crippen LogP contribution in [0.4, 0.5) is 0 Å². The van der Waals surface area contributed by atoms with Crippen molar-refractivity contribution < 1.29 is 0 Å². The molecule has 0 aliphatic heterocycles. The molecule has 4 rings (SSSR count). The molecule has 1 heterocycles. The molecule has 0 saturated carbocycles. The predicted molar refractivity (Wildman–Crippen MR) is 103 cm³/mol. The van der Waals surface area contributed by atoms with E-state index in [9.17, 15) is 0 Å². The second-order valence-corrected chi connectivity index (χ2v) is 6.60. The Morgan fingerprint density at radius 1 is 0.609 bits per heavy atom. The van der Waals surface area contributed by atoms with Crippen molar-refractivity contribution in [1.29, 1.82) is 0 Å². The maximum Gasteiger partial charge on any atom is 0.0355 e. The molecule has 0 aliphatic carbocycles. The van der Waals surface area contributed by atoms with E-state index in [1.807, 2.05) is 17.4 Å². The van der Waals surface area contributed by atoms with Crippen molar-refractivity contribution in [2.75, 3.05) is 0 Å². The zero-order chi connectivity index (χ0) is 15.5. The zero-order valence-corrected chi connectivity index (χ0v) is 13.5. The summed E-state index contributed by atoms with van der Waals surface area (Å²) < 4.78 is 1.33. The van der Waals surface area contributed by atoms with Crippen molar-refractivity contribution in [3.8, 4) is 10.4 Å². The first-order chi connectivity index (χ1) is 11.4. The molecule has 0 unspecified atom stereocenters. The Morgan fingerprint density at radius 2 is 1.30 bits per heavy atom. The van der Waals surface area contributed by atoms with Crippen molar-refractivity contribution >= 4 is 33.6 Å². The third kappa shape index (κ3) is 3.10. The molecule has 0 saturated heterocycles. The smallest absolute Gasteiger partial charge is 0.0355 e. The molecule has 0 fully saturated rings. The molecular weight excluding hydrogens is 296 g/mol. The summed E-state index contributed by atoms with van der Waals surface area (Å²) in [6.07, 6.45) is 4.34. The molecule has 0 bridgehead atoms. The van der Waals surface area contributed by atoms with Crippen LogP contribution in [-0.4, -0.2) is 0 Å². The third-order valence-electron chi connectivity index (χ3n) is 3.87. The van der Waals surface area contributed by atoms with E-state index in [1.54, 1.807) is 0 Å². The van der Waals surface area contributed by atoms with E-state index < -0.39 is 0 Å². The van der Waals surface area contributed by atoms with E-state index in [-0.39, 0.29) is 0 Å². The molecule has 0 spiro atoms. The van der Waals surface area contributed by atoms with Crippen LogP contribution in [0.15, 0.2) is 84.9 Å². The largest absolute Gasteiger partial charge is 0.135 e. The Balaban J connectivity index is 1.67. The quantitative estimate of drug-likeness (QED) is 0.367. The molecule has 0 radical (unpaired) electrons. The van der Waals surface area contributed by atoms with Gasteiger partial charge in [0.15, 0.2) is 0 Å². The summed E-state index contributed by atoms with van der Waals surface area (Å²) in [5.41, 5.74) is 3.75. The summed E-state index contributed by atoms with van der Waals surface area (Å²) in [6.45, 7) is 0. The minimum Gasteiger partial charge on any atom is -0.135 e. The molecular formula is C22H16S. The van der Waals surface area contributed by atoms with E-state index in [4.69, 9.17) is 0 Å². The van der Waals surface area contributed by atoms with Gasteiger partial charge in [-0.05, 0) is 34.2 Å². The number of hydrogen-bond donors (Lipinski definition) is 0. The Hall–Kier alpha value is -2.64. The van der Waals surface area contributed by atoms with Crippen molar-refractivity contribution in [2.45, 2.75) is 0 Å². The first-order valence-electron chi connectivity index (χ1n) is 7.71. The van der Waals surface area contributed by atoms with Gasteiger partial charge in [-0.2, -0.15) is 0 Å². The predicted octanol–water partition coefficient (Wildman–Crippen LogP) is 6.74. The lowest BCUT2D eigenvalue weighted by Crippen LogP contribution is -1.72. The third-order valence-corrected chi connectivity index (χ3v) is 5.02. The fourth-order valence-electron chi connectivity index (χ4n) is 2.65. The van der Waals surface area contributed by atoms with Gasteiger partial charge in [0.2, 0.25) is 0 Å². The summed E-state index contributed by atoms with van der Waals surface area (Å²) in [4.78, 5) is 1.32. The van der Waals surface area contributed by atoms with Crippen LogP contribution >= 0.6 is 11.3 Å². The van der Waals surface area contributed by atoms with Crippen LogP contribution in [0.1, 0.15) is 11.1 Å². The van der Waals surface area contributed by atoms with Crippen LogP contribution < -0.4 is 0 Å². The maximum absolute atomic E-state index is 2.28. The molecule has 23 heavy (non-hydrogen) atoms. The minimum absolute atomic E-state index is 1.23. The molecule has 0 nitrogen and oxygen atoms in total. The zero-order valence-electron chi connectivity index (χ0n) is 12.6. The highest BCUT2D eigenvalue weighted by molar-refractivity contribution is 7.22. The maximum atomic E-state index is 2.28. The molecule has 110 valence electrons. The van der Waals surface area contributed by atoms with E-state index >= 15 is 0 Å². The second kappa shape index (κ2) is 6.23.